The lowest BCUT2D eigenvalue weighted by Gasteiger charge is -2.25. The standard InChI is InChI=1S/C18H24N2O/c1-13(2)9-10-20(15-7-8-15)18-11-14(12-21)16-5-3-4-6-17(16)19-18/h3-6,11,13,15,21H,7-10,12H2,1-2H3. The number of benzene rings is 1. The van der Waals surface area contributed by atoms with Crippen LogP contribution in [0.5, 0.6) is 0 Å². The third-order valence-corrected chi connectivity index (χ3v) is 4.19. The number of anilines is 1. The molecule has 1 heterocycles. The molecule has 0 bridgehead atoms. The predicted octanol–water partition coefficient (Wildman–Crippen LogP) is 3.74. The van der Waals surface area contributed by atoms with E-state index >= 15 is 0 Å². The first-order valence-corrected chi connectivity index (χ1v) is 7.95. The summed E-state index contributed by atoms with van der Waals surface area (Å²) in [5.41, 5.74) is 1.96. The highest BCUT2D eigenvalue weighted by atomic mass is 16.3. The maximum atomic E-state index is 9.67. The van der Waals surface area contributed by atoms with E-state index in [0.717, 1.165) is 28.8 Å². The van der Waals surface area contributed by atoms with Crippen molar-refractivity contribution in [2.24, 2.45) is 5.92 Å². The second kappa shape index (κ2) is 6.02. The number of pyridine rings is 1. The molecule has 1 aromatic carbocycles. The van der Waals surface area contributed by atoms with Gasteiger partial charge in [0.25, 0.3) is 0 Å². The van der Waals surface area contributed by atoms with E-state index in [-0.39, 0.29) is 6.61 Å². The van der Waals surface area contributed by atoms with Crippen LogP contribution in [0.1, 0.15) is 38.7 Å². The van der Waals surface area contributed by atoms with Crippen LogP contribution in [-0.2, 0) is 6.61 Å². The molecule has 0 aliphatic heterocycles. The SMILES string of the molecule is CC(C)CCN(c1cc(CO)c2ccccc2n1)C1CC1. The van der Waals surface area contributed by atoms with Crippen molar-refractivity contribution in [3.05, 3.63) is 35.9 Å². The second-order valence-corrected chi connectivity index (χ2v) is 6.42. The maximum absolute atomic E-state index is 9.67. The molecule has 0 spiro atoms. The lowest BCUT2D eigenvalue weighted by molar-refractivity contribution is 0.283. The van der Waals surface area contributed by atoms with Gasteiger partial charge in [0.2, 0.25) is 0 Å². The Kier molecular flexibility index (Phi) is 4.11. The molecule has 3 nitrogen and oxygen atoms in total. The van der Waals surface area contributed by atoms with Crippen molar-refractivity contribution < 1.29 is 5.11 Å². The zero-order valence-electron chi connectivity index (χ0n) is 12.9. The number of para-hydroxylation sites is 1. The molecule has 1 aromatic heterocycles. The van der Waals surface area contributed by atoms with Gasteiger partial charge in [-0.1, -0.05) is 32.0 Å². The Hall–Kier alpha value is -1.61. The van der Waals surface area contributed by atoms with E-state index < -0.39 is 0 Å². The number of aliphatic hydroxyl groups excluding tert-OH is 1. The minimum Gasteiger partial charge on any atom is -0.392 e. The summed E-state index contributed by atoms with van der Waals surface area (Å²) >= 11 is 0. The normalized spacial score (nSPS) is 14.9. The van der Waals surface area contributed by atoms with Gasteiger partial charge in [-0.25, -0.2) is 4.98 Å². The molecule has 112 valence electrons. The molecule has 21 heavy (non-hydrogen) atoms. The van der Waals surface area contributed by atoms with Crippen LogP contribution in [0.15, 0.2) is 30.3 Å². The minimum atomic E-state index is 0.0682. The molecule has 1 aliphatic rings. The number of hydrogen-bond donors (Lipinski definition) is 1. The summed E-state index contributed by atoms with van der Waals surface area (Å²) < 4.78 is 0. The summed E-state index contributed by atoms with van der Waals surface area (Å²) in [6.45, 7) is 5.65. The lowest BCUT2D eigenvalue weighted by atomic mass is 10.1. The van der Waals surface area contributed by atoms with Crippen LogP contribution in [0.4, 0.5) is 5.82 Å². The molecule has 2 aromatic rings. The van der Waals surface area contributed by atoms with Crippen LogP contribution in [-0.4, -0.2) is 22.7 Å². The van der Waals surface area contributed by atoms with Gasteiger partial charge in [-0.2, -0.15) is 0 Å². The smallest absolute Gasteiger partial charge is 0.129 e. The molecule has 0 radical (unpaired) electrons. The van der Waals surface area contributed by atoms with E-state index in [2.05, 4.69) is 24.8 Å². The fourth-order valence-corrected chi connectivity index (χ4v) is 2.78. The van der Waals surface area contributed by atoms with E-state index in [1.807, 2.05) is 24.3 Å². The molecular formula is C18H24N2O. The van der Waals surface area contributed by atoms with Crippen molar-refractivity contribution in [2.45, 2.75) is 45.8 Å². The first-order valence-electron chi connectivity index (χ1n) is 7.95. The van der Waals surface area contributed by atoms with Gasteiger partial charge >= 0.3 is 0 Å². The van der Waals surface area contributed by atoms with Crippen molar-refractivity contribution in [1.82, 2.24) is 4.98 Å². The number of rotatable bonds is 6. The molecule has 3 heteroatoms. The third kappa shape index (κ3) is 3.18. The molecular weight excluding hydrogens is 260 g/mol. The molecule has 0 saturated heterocycles. The van der Waals surface area contributed by atoms with Gasteiger partial charge in [-0.15, -0.1) is 0 Å². The Bertz CT molecular complexity index is 620. The zero-order valence-corrected chi connectivity index (χ0v) is 12.9. The molecule has 1 saturated carbocycles. The number of fused-ring (bicyclic) bond motifs is 1. The predicted molar refractivity (Wildman–Crippen MR) is 87.5 cm³/mol. The Morgan fingerprint density at radius 1 is 1.29 bits per heavy atom. The second-order valence-electron chi connectivity index (χ2n) is 6.42. The van der Waals surface area contributed by atoms with Crippen molar-refractivity contribution in [2.75, 3.05) is 11.4 Å². The van der Waals surface area contributed by atoms with E-state index in [0.29, 0.717) is 12.0 Å². The first kappa shape index (κ1) is 14.3. The Balaban J connectivity index is 1.97. The van der Waals surface area contributed by atoms with Crippen molar-refractivity contribution >= 4 is 16.7 Å². The van der Waals surface area contributed by atoms with Crippen molar-refractivity contribution in [1.29, 1.82) is 0 Å². The van der Waals surface area contributed by atoms with Crippen LogP contribution in [0.3, 0.4) is 0 Å². The third-order valence-electron chi connectivity index (χ3n) is 4.19. The van der Waals surface area contributed by atoms with E-state index in [4.69, 9.17) is 4.98 Å². The summed E-state index contributed by atoms with van der Waals surface area (Å²) in [7, 11) is 0. The molecule has 1 fully saturated rings. The van der Waals surface area contributed by atoms with Gasteiger partial charge < -0.3 is 10.0 Å². The summed E-state index contributed by atoms with van der Waals surface area (Å²) in [5.74, 6) is 1.73. The van der Waals surface area contributed by atoms with Gasteiger partial charge in [0.1, 0.15) is 5.82 Å². The number of nitrogens with zero attached hydrogens (tertiary/aromatic N) is 2. The molecule has 0 atom stereocenters. The largest absolute Gasteiger partial charge is 0.392 e. The highest BCUT2D eigenvalue weighted by Crippen LogP contribution is 2.33. The average molecular weight is 284 g/mol. The molecule has 0 unspecified atom stereocenters. The van der Waals surface area contributed by atoms with Crippen LogP contribution in [0, 0.1) is 5.92 Å². The van der Waals surface area contributed by atoms with Crippen molar-refractivity contribution in [3.8, 4) is 0 Å². The summed E-state index contributed by atoms with van der Waals surface area (Å²) in [6.07, 6.45) is 3.71. The first-order chi connectivity index (χ1) is 10.2. The van der Waals surface area contributed by atoms with E-state index in [1.165, 1.54) is 19.3 Å². The zero-order chi connectivity index (χ0) is 14.8. The molecule has 1 aliphatic carbocycles. The summed E-state index contributed by atoms with van der Waals surface area (Å²) in [6, 6.07) is 10.8. The Morgan fingerprint density at radius 2 is 2.05 bits per heavy atom. The van der Waals surface area contributed by atoms with Crippen LogP contribution < -0.4 is 4.90 Å². The fourth-order valence-electron chi connectivity index (χ4n) is 2.78. The quantitative estimate of drug-likeness (QED) is 0.878. The molecule has 1 N–H and O–H groups in total. The molecule has 0 amide bonds. The van der Waals surface area contributed by atoms with Crippen molar-refractivity contribution in [3.63, 3.8) is 0 Å². The van der Waals surface area contributed by atoms with Gasteiger partial charge in [-0.3, -0.25) is 0 Å². The molecule has 3 rings (SSSR count). The van der Waals surface area contributed by atoms with Crippen LogP contribution in [0.25, 0.3) is 10.9 Å². The van der Waals surface area contributed by atoms with Crippen LogP contribution >= 0.6 is 0 Å². The highest BCUT2D eigenvalue weighted by molar-refractivity contribution is 5.84. The fraction of sp³-hybridized carbons (Fsp3) is 0.500. The topological polar surface area (TPSA) is 36.4 Å². The van der Waals surface area contributed by atoms with Gasteiger partial charge in [0, 0.05) is 18.0 Å². The summed E-state index contributed by atoms with van der Waals surface area (Å²) in [4.78, 5) is 7.27. The highest BCUT2D eigenvalue weighted by Gasteiger charge is 2.30. The maximum Gasteiger partial charge on any atom is 0.129 e. The van der Waals surface area contributed by atoms with E-state index in [9.17, 15) is 5.11 Å². The number of hydrogen-bond acceptors (Lipinski definition) is 3. The summed E-state index contributed by atoms with van der Waals surface area (Å²) in [5, 5.41) is 10.7. The number of aromatic nitrogens is 1. The van der Waals surface area contributed by atoms with E-state index in [1.54, 1.807) is 0 Å². The minimum absolute atomic E-state index is 0.0682. The average Bonchev–Trinajstić information content (AvgIpc) is 3.31. The van der Waals surface area contributed by atoms with Gasteiger partial charge in [0.15, 0.2) is 0 Å². The van der Waals surface area contributed by atoms with Crippen LogP contribution in [0.2, 0.25) is 0 Å². The van der Waals surface area contributed by atoms with Gasteiger partial charge in [-0.05, 0) is 42.9 Å². The Labute approximate surface area is 126 Å². The van der Waals surface area contributed by atoms with Gasteiger partial charge in [0.05, 0.1) is 12.1 Å². The lowest BCUT2D eigenvalue weighted by Crippen LogP contribution is -2.28. The monoisotopic (exact) mass is 284 g/mol. The Morgan fingerprint density at radius 3 is 2.71 bits per heavy atom. The number of aliphatic hydroxyl groups is 1.